The van der Waals surface area contributed by atoms with Crippen molar-refractivity contribution in [1.82, 2.24) is 0 Å². The van der Waals surface area contributed by atoms with Crippen LogP contribution in [0.2, 0.25) is 0 Å². The second kappa shape index (κ2) is 8.85. The quantitative estimate of drug-likeness (QED) is 0.517. The van der Waals surface area contributed by atoms with Crippen molar-refractivity contribution in [3.05, 3.63) is 65.8 Å². The van der Waals surface area contributed by atoms with Crippen LogP contribution in [0.15, 0.2) is 59.1 Å². The fourth-order valence-electron chi connectivity index (χ4n) is 2.04. The summed E-state index contributed by atoms with van der Waals surface area (Å²) in [6.07, 6.45) is 10.5. The summed E-state index contributed by atoms with van der Waals surface area (Å²) in [6.45, 7) is 9.89. The number of hydrogen-bond acceptors (Lipinski definition) is 2. The van der Waals surface area contributed by atoms with Gasteiger partial charge in [-0.2, -0.15) is 0 Å². The topological polar surface area (TPSA) is 24.7 Å². The van der Waals surface area contributed by atoms with Crippen molar-refractivity contribution in [2.75, 3.05) is 7.05 Å². The molecule has 2 nitrogen and oxygen atoms in total. The molecular formula is C19H24N2. The summed E-state index contributed by atoms with van der Waals surface area (Å²) in [5, 5.41) is 0. The smallest absolute Gasteiger partial charge is 0.0655 e. The molecular weight excluding hydrogens is 256 g/mol. The Morgan fingerprint density at radius 1 is 1.24 bits per heavy atom. The van der Waals surface area contributed by atoms with E-state index in [2.05, 4.69) is 48.6 Å². The van der Waals surface area contributed by atoms with Crippen LogP contribution in [-0.4, -0.2) is 19.0 Å². The first-order valence-corrected chi connectivity index (χ1v) is 7.23. The van der Waals surface area contributed by atoms with E-state index in [9.17, 15) is 0 Å². The molecule has 21 heavy (non-hydrogen) atoms. The predicted molar refractivity (Wildman–Crippen MR) is 95.4 cm³/mol. The molecule has 0 atom stereocenters. The molecule has 110 valence electrons. The third kappa shape index (κ3) is 4.99. The van der Waals surface area contributed by atoms with Gasteiger partial charge in [0.25, 0.3) is 0 Å². The van der Waals surface area contributed by atoms with E-state index in [4.69, 9.17) is 0 Å². The number of hydrogen-bond donors (Lipinski definition) is 0. The molecule has 0 aliphatic heterocycles. The standard InChI is InChI=1S/C19H24N2/c1-6-9-10-19(20-5)17-13-15(4)12-16(14-17)18(8-3)21-11-7-2/h6,8-14H,1,7H2,2-5H3/b10-9-,18-8-,20-19?,21-11?. The Bertz CT molecular complexity index is 602. The minimum Gasteiger partial charge on any atom is -0.288 e. The van der Waals surface area contributed by atoms with Gasteiger partial charge in [0.15, 0.2) is 0 Å². The molecule has 0 fully saturated rings. The van der Waals surface area contributed by atoms with Crippen molar-refractivity contribution in [3.63, 3.8) is 0 Å². The molecule has 1 rings (SSSR count). The normalized spacial score (nSPS) is 13.3. The van der Waals surface area contributed by atoms with Crippen LogP contribution in [0.3, 0.4) is 0 Å². The zero-order valence-electron chi connectivity index (χ0n) is 13.4. The Morgan fingerprint density at radius 3 is 2.52 bits per heavy atom. The molecule has 0 spiro atoms. The van der Waals surface area contributed by atoms with Crippen LogP contribution in [-0.2, 0) is 0 Å². The molecule has 0 saturated carbocycles. The summed E-state index contributed by atoms with van der Waals surface area (Å²) in [5.41, 5.74) is 5.34. The van der Waals surface area contributed by atoms with Gasteiger partial charge in [0.05, 0.1) is 11.4 Å². The average molecular weight is 280 g/mol. The highest BCUT2D eigenvalue weighted by atomic mass is 14.7. The van der Waals surface area contributed by atoms with Gasteiger partial charge in [0.1, 0.15) is 0 Å². The maximum Gasteiger partial charge on any atom is 0.0655 e. The molecule has 0 saturated heterocycles. The van der Waals surface area contributed by atoms with E-state index in [0.29, 0.717) is 0 Å². The number of allylic oxidation sites excluding steroid dienone is 4. The van der Waals surface area contributed by atoms with Crippen LogP contribution in [0.25, 0.3) is 5.70 Å². The highest BCUT2D eigenvalue weighted by Crippen LogP contribution is 2.20. The number of rotatable bonds is 6. The van der Waals surface area contributed by atoms with E-state index in [1.165, 1.54) is 5.56 Å². The summed E-state index contributed by atoms with van der Waals surface area (Å²) >= 11 is 0. The Kier molecular flexibility index (Phi) is 7.10. The molecule has 0 aromatic heterocycles. The van der Waals surface area contributed by atoms with Crippen molar-refractivity contribution in [2.24, 2.45) is 9.98 Å². The molecule has 0 radical (unpaired) electrons. The lowest BCUT2D eigenvalue weighted by molar-refractivity contribution is 1.31. The van der Waals surface area contributed by atoms with E-state index >= 15 is 0 Å². The van der Waals surface area contributed by atoms with Crippen molar-refractivity contribution in [2.45, 2.75) is 27.2 Å². The van der Waals surface area contributed by atoms with Crippen molar-refractivity contribution in [1.29, 1.82) is 0 Å². The molecule has 0 aliphatic carbocycles. The van der Waals surface area contributed by atoms with Crippen LogP contribution in [0, 0.1) is 6.92 Å². The van der Waals surface area contributed by atoms with Gasteiger partial charge in [-0.05, 0) is 50.1 Å². The first-order chi connectivity index (χ1) is 10.2. The summed E-state index contributed by atoms with van der Waals surface area (Å²) in [7, 11) is 1.80. The van der Waals surface area contributed by atoms with Crippen LogP contribution in [0.4, 0.5) is 0 Å². The summed E-state index contributed by atoms with van der Waals surface area (Å²) in [4.78, 5) is 8.87. The van der Waals surface area contributed by atoms with Gasteiger partial charge in [0.2, 0.25) is 0 Å². The first kappa shape index (κ1) is 16.8. The van der Waals surface area contributed by atoms with E-state index in [1.54, 1.807) is 13.1 Å². The van der Waals surface area contributed by atoms with Gasteiger partial charge in [-0.3, -0.25) is 9.98 Å². The van der Waals surface area contributed by atoms with Crippen molar-refractivity contribution in [3.8, 4) is 0 Å². The average Bonchev–Trinajstić information content (AvgIpc) is 2.48. The van der Waals surface area contributed by atoms with E-state index in [0.717, 1.165) is 29.0 Å². The molecule has 1 aromatic rings. The van der Waals surface area contributed by atoms with Crippen molar-refractivity contribution < 1.29 is 0 Å². The summed E-state index contributed by atoms with van der Waals surface area (Å²) < 4.78 is 0. The molecule has 0 heterocycles. The van der Waals surface area contributed by atoms with Gasteiger partial charge in [-0.1, -0.05) is 31.7 Å². The van der Waals surface area contributed by atoms with E-state index in [1.807, 2.05) is 31.4 Å². The second-order valence-corrected chi connectivity index (χ2v) is 4.69. The number of benzene rings is 1. The predicted octanol–water partition coefficient (Wildman–Crippen LogP) is 5.00. The first-order valence-electron chi connectivity index (χ1n) is 7.23. The number of aryl methyl sites for hydroxylation is 1. The van der Waals surface area contributed by atoms with Crippen LogP contribution >= 0.6 is 0 Å². The monoisotopic (exact) mass is 280 g/mol. The zero-order chi connectivity index (χ0) is 15.7. The lowest BCUT2D eigenvalue weighted by atomic mass is 10.0. The highest BCUT2D eigenvalue weighted by Gasteiger charge is 2.05. The Morgan fingerprint density at radius 2 is 1.95 bits per heavy atom. The molecule has 0 N–H and O–H groups in total. The van der Waals surface area contributed by atoms with Crippen molar-refractivity contribution >= 4 is 17.6 Å². The lowest BCUT2D eigenvalue weighted by Crippen LogP contribution is -1.99. The van der Waals surface area contributed by atoms with Gasteiger partial charge < -0.3 is 0 Å². The second-order valence-electron chi connectivity index (χ2n) is 4.69. The Labute approximate surface area is 128 Å². The zero-order valence-corrected chi connectivity index (χ0v) is 13.4. The third-order valence-electron chi connectivity index (χ3n) is 2.99. The highest BCUT2D eigenvalue weighted by molar-refractivity contribution is 6.09. The fourth-order valence-corrected chi connectivity index (χ4v) is 2.04. The minimum atomic E-state index is 0.930. The maximum atomic E-state index is 4.52. The SMILES string of the molecule is C=C/C=C\C(=NC)c1cc(C)cc(/C(=C/C)N=CCC)c1. The largest absolute Gasteiger partial charge is 0.288 e. The molecule has 0 aliphatic rings. The van der Waals surface area contributed by atoms with Crippen LogP contribution in [0.5, 0.6) is 0 Å². The molecule has 0 unspecified atom stereocenters. The third-order valence-corrected chi connectivity index (χ3v) is 2.99. The minimum absolute atomic E-state index is 0.930. The van der Waals surface area contributed by atoms with Crippen LogP contribution in [0.1, 0.15) is 37.0 Å². The fraction of sp³-hybridized carbons (Fsp3) is 0.263. The van der Waals surface area contributed by atoms with Gasteiger partial charge in [-0.25, -0.2) is 0 Å². The molecule has 2 heteroatoms. The molecule has 0 amide bonds. The van der Waals surface area contributed by atoms with E-state index in [-0.39, 0.29) is 0 Å². The summed E-state index contributed by atoms with van der Waals surface area (Å²) in [5.74, 6) is 0. The number of nitrogens with zero attached hydrogens (tertiary/aromatic N) is 2. The Hall–Kier alpha value is -2.22. The lowest BCUT2D eigenvalue weighted by Gasteiger charge is -2.08. The van der Waals surface area contributed by atoms with E-state index < -0.39 is 0 Å². The summed E-state index contributed by atoms with van der Waals surface area (Å²) in [6, 6.07) is 6.41. The van der Waals surface area contributed by atoms with Gasteiger partial charge >= 0.3 is 0 Å². The van der Waals surface area contributed by atoms with Gasteiger partial charge in [0, 0.05) is 24.4 Å². The molecule has 0 bridgehead atoms. The Balaban J connectivity index is 3.30. The number of aliphatic imine (C=N–C) groups is 2. The van der Waals surface area contributed by atoms with Gasteiger partial charge in [-0.15, -0.1) is 0 Å². The molecule has 1 aromatic carbocycles. The van der Waals surface area contributed by atoms with Crippen LogP contribution < -0.4 is 0 Å². The maximum absolute atomic E-state index is 4.52.